The molecule has 0 fully saturated rings. The van der Waals surface area contributed by atoms with Crippen LogP contribution in [0.1, 0.15) is 51.9 Å². The lowest BCUT2D eigenvalue weighted by molar-refractivity contribution is 0.611. The van der Waals surface area contributed by atoms with Crippen LogP contribution in [0.25, 0.3) is 0 Å². The van der Waals surface area contributed by atoms with E-state index < -0.39 is 0 Å². The Morgan fingerprint density at radius 3 is 2.12 bits per heavy atom. The first-order chi connectivity index (χ1) is 7.91. The summed E-state index contributed by atoms with van der Waals surface area (Å²) >= 11 is 0. The molecule has 0 aliphatic carbocycles. The van der Waals surface area contributed by atoms with Gasteiger partial charge in [-0.05, 0) is 12.8 Å². The Hall–Kier alpha value is -1.04. The zero-order chi connectivity index (χ0) is 11.9. The van der Waals surface area contributed by atoms with E-state index in [0.717, 1.165) is 0 Å². The Bertz CT molecular complexity index is 218. The van der Waals surface area contributed by atoms with Crippen molar-refractivity contribution in [1.82, 2.24) is 0 Å². The molecular weight excluding hydrogens is 192 g/mol. The summed E-state index contributed by atoms with van der Waals surface area (Å²) in [6, 6.07) is 0. The van der Waals surface area contributed by atoms with E-state index in [1.165, 1.54) is 44.9 Å². The van der Waals surface area contributed by atoms with Gasteiger partial charge in [0.25, 0.3) is 0 Å². The van der Waals surface area contributed by atoms with Gasteiger partial charge in [0.05, 0.1) is 0 Å². The predicted molar refractivity (Wildman–Crippen MR) is 75.6 cm³/mol. The van der Waals surface area contributed by atoms with Gasteiger partial charge >= 0.3 is 0 Å². The number of unbranched alkanes of at least 4 members (excludes halogenated alkanes) is 6. The number of hydrogen-bond acceptors (Lipinski definition) is 0. The number of rotatable bonds is 10. The van der Waals surface area contributed by atoms with E-state index in [-0.39, 0.29) is 0 Å². The van der Waals surface area contributed by atoms with Gasteiger partial charge in [0.1, 0.15) is 0 Å². The van der Waals surface area contributed by atoms with Crippen molar-refractivity contribution in [3.8, 4) is 0 Å². The van der Waals surface area contributed by atoms with E-state index >= 15 is 0 Å². The normalized spacial score (nSPS) is 12.1. The zero-order valence-corrected chi connectivity index (χ0v) is 10.7. The highest BCUT2D eigenvalue weighted by Gasteiger charge is 1.87. The molecule has 0 N–H and O–H groups in total. The highest BCUT2D eigenvalue weighted by molar-refractivity contribution is 5.14. The average molecular weight is 218 g/mol. The molecule has 0 spiro atoms. The highest BCUT2D eigenvalue weighted by Crippen LogP contribution is 2.07. The molecule has 0 heteroatoms. The lowest BCUT2D eigenvalue weighted by Gasteiger charge is -1.97. The summed E-state index contributed by atoms with van der Waals surface area (Å²) in [6.07, 6.45) is 23.6. The minimum Gasteiger partial charge on any atom is -0.0991 e. The predicted octanol–water partition coefficient (Wildman–Crippen LogP) is 5.59. The lowest BCUT2D eigenvalue weighted by atomic mass is 10.1. The molecule has 0 atom stereocenters. The molecule has 0 rings (SSSR count). The van der Waals surface area contributed by atoms with E-state index in [9.17, 15) is 0 Å². The van der Waals surface area contributed by atoms with Gasteiger partial charge in [-0.1, -0.05) is 88.1 Å². The van der Waals surface area contributed by atoms with Crippen molar-refractivity contribution in [2.45, 2.75) is 51.9 Å². The van der Waals surface area contributed by atoms with Crippen molar-refractivity contribution >= 4 is 0 Å². The van der Waals surface area contributed by atoms with E-state index in [1.807, 2.05) is 18.2 Å². The number of allylic oxidation sites excluding steroid dienone is 7. The Morgan fingerprint density at radius 1 is 0.750 bits per heavy atom. The first-order valence-corrected chi connectivity index (χ1v) is 6.52. The van der Waals surface area contributed by atoms with Gasteiger partial charge < -0.3 is 0 Å². The Morgan fingerprint density at radius 2 is 1.38 bits per heavy atom. The molecule has 0 nitrogen and oxygen atoms in total. The molecule has 16 heavy (non-hydrogen) atoms. The molecule has 0 unspecified atom stereocenters. The lowest BCUT2D eigenvalue weighted by Crippen LogP contribution is -1.77. The molecule has 0 saturated heterocycles. The second-order valence-electron chi connectivity index (χ2n) is 3.99. The molecule has 0 aromatic rings. The van der Waals surface area contributed by atoms with Gasteiger partial charge in [-0.25, -0.2) is 0 Å². The molecule has 0 amide bonds. The minimum atomic E-state index is 1.21. The summed E-state index contributed by atoms with van der Waals surface area (Å²) in [6.45, 7) is 5.87. The smallest absolute Gasteiger partial charge is 0.0348 e. The first-order valence-electron chi connectivity index (χ1n) is 6.52. The fraction of sp³-hybridized carbons (Fsp3) is 0.500. The van der Waals surface area contributed by atoms with Gasteiger partial charge in [-0.3, -0.25) is 0 Å². The van der Waals surface area contributed by atoms with E-state index in [1.54, 1.807) is 6.08 Å². The summed E-state index contributed by atoms with van der Waals surface area (Å²) < 4.78 is 0. The standard InChI is InChI=1S/C16H26/c1-3-5-7-9-11-13-15-16-14-12-10-8-6-4-2/h3,5,7,9,11,13,15H,1,4,6,8,10,12,14,16H2,2H3. The SMILES string of the molecule is C=CC=CC=CC=CCCCCCCCC. The average Bonchev–Trinajstić information content (AvgIpc) is 2.31. The second-order valence-corrected chi connectivity index (χ2v) is 3.99. The monoisotopic (exact) mass is 218 g/mol. The van der Waals surface area contributed by atoms with Crippen molar-refractivity contribution in [2.24, 2.45) is 0 Å². The van der Waals surface area contributed by atoms with Crippen LogP contribution < -0.4 is 0 Å². The minimum absolute atomic E-state index is 1.21. The summed E-state index contributed by atoms with van der Waals surface area (Å²) in [5, 5.41) is 0. The quantitative estimate of drug-likeness (QED) is 0.331. The molecule has 0 aliphatic rings. The van der Waals surface area contributed by atoms with Crippen LogP contribution in [-0.2, 0) is 0 Å². The topological polar surface area (TPSA) is 0 Å². The maximum Gasteiger partial charge on any atom is -0.0348 e. The van der Waals surface area contributed by atoms with Gasteiger partial charge in [0.15, 0.2) is 0 Å². The van der Waals surface area contributed by atoms with Crippen LogP contribution in [0.15, 0.2) is 49.1 Å². The molecule has 0 aliphatic heterocycles. The largest absolute Gasteiger partial charge is 0.0991 e. The molecule has 0 heterocycles. The third-order valence-electron chi connectivity index (χ3n) is 2.44. The van der Waals surface area contributed by atoms with Crippen molar-refractivity contribution < 1.29 is 0 Å². The van der Waals surface area contributed by atoms with Crippen LogP contribution >= 0.6 is 0 Å². The van der Waals surface area contributed by atoms with Crippen LogP contribution in [0.2, 0.25) is 0 Å². The molecule has 0 bridgehead atoms. The van der Waals surface area contributed by atoms with Crippen molar-refractivity contribution in [1.29, 1.82) is 0 Å². The van der Waals surface area contributed by atoms with Gasteiger partial charge in [-0.15, -0.1) is 0 Å². The molecule has 0 radical (unpaired) electrons. The Kier molecular flexibility index (Phi) is 13.1. The summed E-state index contributed by atoms with van der Waals surface area (Å²) in [5.74, 6) is 0. The third-order valence-corrected chi connectivity index (χ3v) is 2.44. The van der Waals surface area contributed by atoms with E-state index in [0.29, 0.717) is 0 Å². The van der Waals surface area contributed by atoms with Gasteiger partial charge in [0, 0.05) is 0 Å². The van der Waals surface area contributed by atoms with Gasteiger partial charge in [0.2, 0.25) is 0 Å². The molecule has 0 aromatic carbocycles. The second kappa shape index (κ2) is 14.0. The van der Waals surface area contributed by atoms with Crippen LogP contribution in [-0.4, -0.2) is 0 Å². The third kappa shape index (κ3) is 13.0. The summed E-state index contributed by atoms with van der Waals surface area (Å²) in [5.41, 5.74) is 0. The molecule has 90 valence electrons. The van der Waals surface area contributed by atoms with Crippen molar-refractivity contribution in [3.05, 3.63) is 49.1 Å². The molecule has 0 aromatic heterocycles. The Balaban J connectivity index is 3.24. The van der Waals surface area contributed by atoms with Crippen LogP contribution in [0.5, 0.6) is 0 Å². The van der Waals surface area contributed by atoms with Crippen LogP contribution in [0.3, 0.4) is 0 Å². The van der Waals surface area contributed by atoms with Crippen LogP contribution in [0, 0.1) is 0 Å². The van der Waals surface area contributed by atoms with Crippen LogP contribution in [0.4, 0.5) is 0 Å². The Labute approximate surface area is 101 Å². The van der Waals surface area contributed by atoms with E-state index in [2.05, 4.69) is 31.7 Å². The molecular formula is C16H26. The fourth-order valence-electron chi connectivity index (χ4n) is 1.49. The van der Waals surface area contributed by atoms with Gasteiger partial charge in [-0.2, -0.15) is 0 Å². The maximum atomic E-state index is 3.61. The number of hydrogen-bond donors (Lipinski definition) is 0. The first kappa shape index (κ1) is 15.0. The van der Waals surface area contributed by atoms with Crippen molar-refractivity contribution in [3.63, 3.8) is 0 Å². The van der Waals surface area contributed by atoms with E-state index in [4.69, 9.17) is 0 Å². The zero-order valence-electron chi connectivity index (χ0n) is 10.7. The highest BCUT2D eigenvalue weighted by atomic mass is 13.9. The fourth-order valence-corrected chi connectivity index (χ4v) is 1.49. The van der Waals surface area contributed by atoms with Crippen molar-refractivity contribution in [2.75, 3.05) is 0 Å². The summed E-state index contributed by atoms with van der Waals surface area (Å²) in [7, 11) is 0. The maximum absolute atomic E-state index is 3.61. The summed E-state index contributed by atoms with van der Waals surface area (Å²) in [4.78, 5) is 0. The molecule has 0 saturated carbocycles.